The van der Waals surface area contributed by atoms with E-state index in [0.717, 1.165) is 17.7 Å². The lowest BCUT2D eigenvalue weighted by Gasteiger charge is -2.22. The van der Waals surface area contributed by atoms with Gasteiger partial charge in [0.25, 0.3) is 0 Å². The van der Waals surface area contributed by atoms with Crippen molar-refractivity contribution < 1.29 is 14.2 Å². The summed E-state index contributed by atoms with van der Waals surface area (Å²) in [5.41, 5.74) is 0.261. The van der Waals surface area contributed by atoms with Crippen LogP contribution in [0.25, 0.3) is 0 Å². The first-order valence-corrected chi connectivity index (χ1v) is 11.5. The maximum Gasteiger partial charge on any atom is 0.198 e. The molecule has 0 aliphatic carbocycles. The quantitative estimate of drug-likeness (QED) is 0.637. The fourth-order valence-corrected chi connectivity index (χ4v) is 3.60. The summed E-state index contributed by atoms with van der Waals surface area (Å²) in [7, 11) is 0. The highest BCUT2D eigenvalue weighted by Crippen LogP contribution is 2.28. The van der Waals surface area contributed by atoms with Crippen LogP contribution < -0.4 is 0 Å². The molecule has 0 fully saturated rings. The fraction of sp³-hybridized carbons (Fsp3) is 0.875. The van der Waals surface area contributed by atoms with Crippen LogP contribution >= 0.6 is 0 Å². The molecule has 3 atom stereocenters. The van der Waals surface area contributed by atoms with Gasteiger partial charge >= 0.3 is 0 Å². The highest BCUT2D eigenvalue weighted by molar-refractivity contribution is 5.85. The van der Waals surface area contributed by atoms with Crippen molar-refractivity contribution in [1.82, 2.24) is 4.90 Å². The minimum atomic E-state index is 0.0870. The molecule has 0 saturated carbocycles. The maximum absolute atomic E-state index is 5.95. The third-order valence-electron chi connectivity index (χ3n) is 6.20. The molecule has 3 rings (SSSR count). The van der Waals surface area contributed by atoms with E-state index in [4.69, 9.17) is 29.2 Å². The normalized spacial score (nSPS) is 26.9. The average molecular weight is 435 g/mol. The molecule has 7 heteroatoms. The zero-order valence-electron chi connectivity index (χ0n) is 21.0. The molecule has 3 heterocycles. The van der Waals surface area contributed by atoms with Crippen LogP contribution in [0.2, 0.25) is 0 Å². The standard InChI is InChI=1S/C24H42N4O3/c1-22(2,3)16-13-29-19(25-16)10-28(11-20-26-17(14-30-20)23(4,5)6)12-21-27-18(15-31-21)24(7,8)9/h16-18H,10-15H2,1-9H3/t16-,17-,18-/m1/s1. The third kappa shape index (κ3) is 6.43. The van der Waals surface area contributed by atoms with Gasteiger partial charge in [0.1, 0.15) is 19.8 Å². The van der Waals surface area contributed by atoms with Crippen LogP contribution in [0.5, 0.6) is 0 Å². The van der Waals surface area contributed by atoms with Crippen molar-refractivity contribution in [2.75, 3.05) is 39.5 Å². The van der Waals surface area contributed by atoms with Crippen LogP contribution in [-0.2, 0) is 14.2 Å². The molecular weight excluding hydrogens is 392 g/mol. The Kier molecular flexibility index (Phi) is 6.76. The van der Waals surface area contributed by atoms with Crippen molar-refractivity contribution in [3.8, 4) is 0 Å². The fourth-order valence-electron chi connectivity index (χ4n) is 3.60. The summed E-state index contributed by atoms with van der Waals surface area (Å²) in [4.78, 5) is 16.8. The Balaban J connectivity index is 1.72. The van der Waals surface area contributed by atoms with E-state index in [1.165, 1.54) is 0 Å². The number of aliphatic imine (C=N–C) groups is 3. The molecule has 0 unspecified atom stereocenters. The van der Waals surface area contributed by atoms with Crippen LogP contribution in [-0.4, -0.2) is 80.2 Å². The van der Waals surface area contributed by atoms with Crippen molar-refractivity contribution in [2.24, 2.45) is 31.2 Å². The Morgan fingerprint density at radius 2 is 0.839 bits per heavy atom. The van der Waals surface area contributed by atoms with Crippen molar-refractivity contribution in [3.05, 3.63) is 0 Å². The first-order valence-electron chi connectivity index (χ1n) is 11.5. The zero-order valence-corrected chi connectivity index (χ0v) is 21.0. The molecule has 0 saturated heterocycles. The van der Waals surface area contributed by atoms with Crippen molar-refractivity contribution in [3.63, 3.8) is 0 Å². The molecular formula is C24H42N4O3. The Labute approximate surface area is 188 Å². The lowest BCUT2D eigenvalue weighted by molar-refractivity contribution is 0.215. The summed E-state index contributed by atoms with van der Waals surface area (Å²) in [5.74, 6) is 2.32. The number of hydrogen-bond acceptors (Lipinski definition) is 7. The Morgan fingerprint density at radius 3 is 1.03 bits per heavy atom. The van der Waals surface area contributed by atoms with Gasteiger partial charge in [0.05, 0.1) is 37.8 Å². The second-order valence-corrected chi connectivity index (χ2v) is 12.3. The zero-order chi connectivity index (χ0) is 23.0. The molecule has 7 nitrogen and oxygen atoms in total. The third-order valence-corrected chi connectivity index (χ3v) is 6.20. The minimum Gasteiger partial charge on any atom is -0.478 e. The van der Waals surface area contributed by atoms with E-state index in [0.29, 0.717) is 39.5 Å². The van der Waals surface area contributed by atoms with Gasteiger partial charge in [-0.25, -0.2) is 15.0 Å². The van der Waals surface area contributed by atoms with Crippen molar-refractivity contribution in [2.45, 2.75) is 80.4 Å². The van der Waals surface area contributed by atoms with Crippen LogP contribution in [0, 0.1) is 16.2 Å². The van der Waals surface area contributed by atoms with Gasteiger partial charge in [0, 0.05) is 0 Å². The molecule has 31 heavy (non-hydrogen) atoms. The summed E-state index contributed by atoms with van der Waals surface area (Å²) >= 11 is 0. The van der Waals surface area contributed by atoms with E-state index >= 15 is 0 Å². The Morgan fingerprint density at radius 1 is 0.581 bits per heavy atom. The first-order chi connectivity index (χ1) is 14.2. The summed E-state index contributed by atoms with van der Waals surface area (Å²) in [6.07, 6.45) is 0. The summed E-state index contributed by atoms with van der Waals surface area (Å²) in [5, 5.41) is 0. The lowest BCUT2D eigenvalue weighted by Crippen LogP contribution is -2.38. The van der Waals surface area contributed by atoms with Crippen LogP contribution in [0.1, 0.15) is 62.3 Å². The second-order valence-electron chi connectivity index (χ2n) is 12.3. The molecule has 0 amide bonds. The van der Waals surface area contributed by atoms with E-state index in [-0.39, 0.29) is 34.4 Å². The highest BCUT2D eigenvalue weighted by Gasteiger charge is 2.35. The van der Waals surface area contributed by atoms with Gasteiger partial charge < -0.3 is 14.2 Å². The predicted molar refractivity (Wildman–Crippen MR) is 126 cm³/mol. The first kappa shape index (κ1) is 24.0. The van der Waals surface area contributed by atoms with E-state index in [2.05, 4.69) is 67.2 Å². The SMILES string of the molecule is CC(C)(C)[C@H]1COC(CN(CC2=N[C@@H](C(C)(C)C)CO2)CC2=N[C@@H](C(C)(C)C)CO2)=N1. The van der Waals surface area contributed by atoms with Crippen LogP contribution in [0.15, 0.2) is 15.0 Å². The molecule has 0 radical (unpaired) electrons. The lowest BCUT2D eigenvalue weighted by atomic mass is 9.88. The monoisotopic (exact) mass is 434 g/mol. The molecule has 0 spiro atoms. The topological polar surface area (TPSA) is 68.0 Å². The molecule has 0 aromatic heterocycles. The van der Waals surface area contributed by atoms with Crippen LogP contribution in [0.3, 0.4) is 0 Å². The van der Waals surface area contributed by atoms with Gasteiger partial charge in [-0.3, -0.25) is 4.90 Å². The Hall–Kier alpha value is -1.63. The van der Waals surface area contributed by atoms with Gasteiger partial charge in [-0.05, 0) is 16.2 Å². The van der Waals surface area contributed by atoms with Gasteiger partial charge in [-0.15, -0.1) is 0 Å². The smallest absolute Gasteiger partial charge is 0.198 e. The summed E-state index contributed by atoms with van der Waals surface area (Å²) in [6, 6.07) is 0.542. The summed E-state index contributed by atoms with van der Waals surface area (Å²) in [6.45, 7) is 23.5. The average Bonchev–Trinajstić information content (AvgIpc) is 3.32. The maximum atomic E-state index is 5.95. The van der Waals surface area contributed by atoms with E-state index in [1.54, 1.807) is 0 Å². The van der Waals surface area contributed by atoms with E-state index in [9.17, 15) is 0 Å². The predicted octanol–water partition coefficient (Wildman–Crippen LogP) is 3.82. The minimum absolute atomic E-state index is 0.0870. The second kappa shape index (κ2) is 8.72. The molecule has 0 N–H and O–H groups in total. The number of rotatable bonds is 6. The van der Waals surface area contributed by atoms with Gasteiger partial charge in [0.15, 0.2) is 17.7 Å². The van der Waals surface area contributed by atoms with E-state index in [1.807, 2.05) is 0 Å². The number of nitrogens with zero attached hydrogens (tertiary/aromatic N) is 4. The Bertz CT molecular complexity index is 638. The van der Waals surface area contributed by atoms with Gasteiger partial charge in [0.2, 0.25) is 0 Å². The van der Waals surface area contributed by atoms with Gasteiger partial charge in [-0.2, -0.15) is 0 Å². The van der Waals surface area contributed by atoms with Gasteiger partial charge in [-0.1, -0.05) is 62.3 Å². The highest BCUT2D eigenvalue weighted by atomic mass is 16.5. The molecule has 3 aliphatic heterocycles. The number of hydrogen-bond donors (Lipinski definition) is 0. The molecule has 0 bridgehead atoms. The summed E-state index contributed by atoms with van der Waals surface area (Å²) < 4.78 is 17.8. The molecule has 3 aliphatic rings. The van der Waals surface area contributed by atoms with Crippen LogP contribution in [0.4, 0.5) is 0 Å². The molecule has 176 valence electrons. The van der Waals surface area contributed by atoms with Crippen molar-refractivity contribution in [1.29, 1.82) is 0 Å². The molecule has 0 aromatic rings. The largest absolute Gasteiger partial charge is 0.478 e. The van der Waals surface area contributed by atoms with Crippen molar-refractivity contribution >= 4 is 17.7 Å². The van der Waals surface area contributed by atoms with E-state index < -0.39 is 0 Å². The number of ether oxygens (including phenoxy) is 3. The molecule has 0 aromatic carbocycles.